The molecule has 0 saturated heterocycles. The average Bonchev–Trinajstić information content (AvgIpc) is 2.88. The maximum Gasteiger partial charge on any atom is 0.0923 e. The van der Waals surface area contributed by atoms with Gasteiger partial charge in [0.15, 0.2) is 0 Å². The van der Waals surface area contributed by atoms with Crippen molar-refractivity contribution < 1.29 is 10.2 Å². The van der Waals surface area contributed by atoms with Crippen LogP contribution in [-0.4, -0.2) is 28.2 Å². The molecule has 0 unspecified atom stereocenters. The second-order valence-electron chi connectivity index (χ2n) is 8.85. The van der Waals surface area contributed by atoms with Crippen molar-refractivity contribution >= 4 is 21.5 Å². The molecule has 2 atom stereocenters. The Balaban J connectivity index is 1.43. The number of rotatable bonds is 8. The van der Waals surface area contributed by atoms with Crippen LogP contribution in [0.4, 0.5) is 0 Å². The molecule has 3 heteroatoms. The van der Waals surface area contributed by atoms with Gasteiger partial charge in [-0.05, 0) is 38.2 Å². The molecular formula is C31H29NO2. The van der Waals surface area contributed by atoms with Crippen LogP contribution in [0.25, 0.3) is 21.5 Å². The van der Waals surface area contributed by atoms with E-state index < -0.39 is 12.2 Å². The van der Waals surface area contributed by atoms with E-state index in [4.69, 9.17) is 0 Å². The van der Waals surface area contributed by atoms with Gasteiger partial charge in [-0.15, -0.1) is 0 Å². The van der Waals surface area contributed by atoms with Crippen LogP contribution in [0.3, 0.4) is 0 Å². The maximum absolute atomic E-state index is 11.3. The molecule has 0 aromatic heterocycles. The zero-order chi connectivity index (χ0) is 23.3. The zero-order valence-electron chi connectivity index (χ0n) is 19.1. The van der Waals surface area contributed by atoms with Gasteiger partial charge in [0.25, 0.3) is 0 Å². The largest absolute Gasteiger partial charge is 0.387 e. The van der Waals surface area contributed by atoms with Crippen LogP contribution in [0.15, 0.2) is 115 Å². The number of hydrogen-bond acceptors (Lipinski definition) is 3. The highest BCUT2D eigenvalue weighted by atomic mass is 16.3. The minimum Gasteiger partial charge on any atom is -0.387 e. The first-order chi connectivity index (χ1) is 16.7. The molecule has 34 heavy (non-hydrogen) atoms. The lowest BCUT2D eigenvalue weighted by atomic mass is 9.98. The molecule has 5 rings (SSSR count). The monoisotopic (exact) mass is 447 g/mol. The predicted molar refractivity (Wildman–Crippen MR) is 140 cm³/mol. The summed E-state index contributed by atoms with van der Waals surface area (Å²) in [7, 11) is 0. The van der Waals surface area contributed by atoms with Gasteiger partial charge in [-0.25, -0.2) is 0 Å². The van der Waals surface area contributed by atoms with Crippen molar-refractivity contribution in [3.8, 4) is 0 Å². The minimum absolute atomic E-state index is 0.421. The summed E-state index contributed by atoms with van der Waals surface area (Å²) in [6.45, 7) is 1.49. The number of nitrogens with zero attached hydrogens (tertiary/aromatic N) is 1. The summed E-state index contributed by atoms with van der Waals surface area (Å²) in [4.78, 5) is 2.15. The van der Waals surface area contributed by atoms with Crippen molar-refractivity contribution in [2.24, 2.45) is 0 Å². The highest BCUT2D eigenvalue weighted by molar-refractivity contribution is 5.86. The van der Waals surface area contributed by atoms with Gasteiger partial charge >= 0.3 is 0 Å². The molecule has 0 aliphatic carbocycles. The van der Waals surface area contributed by atoms with Gasteiger partial charge in [0, 0.05) is 19.6 Å². The summed E-state index contributed by atoms with van der Waals surface area (Å²) in [6.07, 6.45) is -1.34. The number of benzene rings is 5. The van der Waals surface area contributed by atoms with Gasteiger partial charge in [0.2, 0.25) is 0 Å². The van der Waals surface area contributed by atoms with Gasteiger partial charge in [0.1, 0.15) is 0 Å². The molecule has 0 amide bonds. The van der Waals surface area contributed by atoms with Crippen molar-refractivity contribution in [1.29, 1.82) is 0 Å². The first-order valence-corrected chi connectivity index (χ1v) is 11.8. The highest BCUT2D eigenvalue weighted by Gasteiger charge is 2.20. The van der Waals surface area contributed by atoms with E-state index in [9.17, 15) is 10.2 Å². The fourth-order valence-electron chi connectivity index (χ4n) is 4.81. The second-order valence-corrected chi connectivity index (χ2v) is 8.85. The molecule has 0 aliphatic rings. The fraction of sp³-hybridized carbons (Fsp3) is 0.161. The van der Waals surface area contributed by atoms with Crippen molar-refractivity contribution in [2.75, 3.05) is 13.1 Å². The SMILES string of the molecule is O[C@@H](CN(Cc1ccccc1)C[C@H](O)c1cccc2ccccc12)c1cccc2ccccc12. The molecule has 5 aromatic rings. The smallest absolute Gasteiger partial charge is 0.0923 e. The second kappa shape index (κ2) is 10.2. The summed E-state index contributed by atoms with van der Waals surface area (Å²) in [5, 5.41) is 27.0. The molecule has 0 saturated carbocycles. The average molecular weight is 448 g/mol. The van der Waals surface area contributed by atoms with E-state index in [-0.39, 0.29) is 0 Å². The van der Waals surface area contributed by atoms with E-state index in [1.807, 2.05) is 66.7 Å². The summed E-state index contributed by atoms with van der Waals surface area (Å²) in [6, 6.07) is 38.6. The van der Waals surface area contributed by atoms with Gasteiger partial charge < -0.3 is 10.2 Å². The molecule has 0 spiro atoms. The van der Waals surface area contributed by atoms with Gasteiger partial charge in [-0.1, -0.05) is 115 Å². The van der Waals surface area contributed by atoms with Crippen LogP contribution in [0.1, 0.15) is 28.9 Å². The van der Waals surface area contributed by atoms with E-state index in [1.165, 1.54) is 0 Å². The lowest BCUT2D eigenvalue weighted by Gasteiger charge is -2.28. The summed E-state index contributed by atoms with van der Waals surface area (Å²) in [5.74, 6) is 0. The Kier molecular flexibility index (Phi) is 6.68. The van der Waals surface area contributed by atoms with E-state index in [0.29, 0.717) is 19.6 Å². The molecule has 3 nitrogen and oxygen atoms in total. The maximum atomic E-state index is 11.3. The Bertz CT molecular complexity index is 1280. The van der Waals surface area contributed by atoms with Crippen LogP contribution < -0.4 is 0 Å². The van der Waals surface area contributed by atoms with Crippen LogP contribution >= 0.6 is 0 Å². The Morgan fingerprint density at radius 1 is 0.500 bits per heavy atom. The molecule has 5 aromatic carbocycles. The van der Waals surface area contributed by atoms with Crippen LogP contribution in [-0.2, 0) is 6.54 Å². The summed E-state index contributed by atoms with van der Waals surface area (Å²) >= 11 is 0. The Labute approximate surface area is 200 Å². The number of fused-ring (bicyclic) bond motifs is 2. The molecule has 0 heterocycles. The van der Waals surface area contributed by atoms with Crippen molar-refractivity contribution in [1.82, 2.24) is 4.90 Å². The van der Waals surface area contributed by atoms with E-state index >= 15 is 0 Å². The molecule has 0 radical (unpaired) electrons. The van der Waals surface area contributed by atoms with Crippen molar-refractivity contribution in [3.63, 3.8) is 0 Å². The van der Waals surface area contributed by atoms with Gasteiger partial charge in [-0.3, -0.25) is 4.90 Å². The third kappa shape index (κ3) is 4.87. The Hall–Kier alpha value is -3.50. The van der Waals surface area contributed by atoms with E-state index in [1.54, 1.807) is 0 Å². The number of aliphatic hydroxyl groups is 2. The van der Waals surface area contributed by atoms with Crippen molar-refractivity contribution in [3.05, 3.63) is 132 Å². The van der Waals surface area contributed by atoms with Crippen molar-refractivity contribution in [2.45, 2.75) is 18.8 Å². The topological polar surface area (TPSA) is 43.7 Å². The summed E-state index contributed by atoms with van der Waals surface area (Å²) in [5.41, 5.74) is 2.98. The third-order valence-electron chi connectivity index (χ3n) is 6.48. The Morgan fingerprint density at radius 3 is 1.47 bits per heavy atom. The van der Waals surface area contributed by atoms with Crippen LogP contribution in [0.2, 0.25) is 0 Å². The molecule has 2 N–H and O–H groups in total. The minimum atomic E-state index is -0.672. The van der Waals surface area contributed by atoms with E-state index in [0.717, 1.165) is 38.2 Å². The molecule has 170 valence electrons. The Morgan fingerprint density at radius 2 is 0.941 bits per heavy atom. The molecule has 0 bridgehead atoms. The van der Waals surface area contributed by atoms with Crippen LogP contribution in [0, 0.1) is 0 Å². The highest BCUT2D eigenvalue weighted by Crippen LogP contribution is 2.28. The predicted octanol–water partition coefficient (Wildman–Crippen LogP) is 6.26. The standard InChI is InChI=1S/C31H29NO2/c33-30(28-18-8-14-24-12-4-6-16-26(24)28)21-32(20-23-10-2-1-3-11-23)22-31(34)29-19-9-15-25-13-5-7-17-27(25)29/h1-19,30-31,33-34H,20-22H2/t30-,31-/m0/s1. The molecular weight excluding hydrogens is 418 g/mol. The molecule has 0 aliphatic heterocycles. The first-order valence-electron chi connectivity index (χ1n) is 11.8. The fourth-order valence-corrected chi connectivity index (χ4v) is 4.81. The number of aliphatic hydroxyl groups excluding tert-OH is 2. The lowest BCUT2D eigenvalue weighted by molar-refractivity contribution is 0.0657. The first kappa shape index (κ1) is 22.3. The van der Waals surface area contributed by atoms with E-state index in [2.05, 4.69) is 53.4 Å². The quantitative estimate of drug-likeness (QED) is 0.295. The normalized spacial score (nSPS) is 13.4. The third-order valence-corrected chi connectivity index (χ3v) is 6.48. The number of hydrogen-bond donors (Lipinski definition) is 2. The zero-order valence-corrected chi connectivity index (χ0v) is 19.1. The lowest BCUT2D eigenvalue weighted by Crippen LogP contribution is -2.32. The molecule has 0 fully saturated rings. The summed E-state index contributed by atoms with van der Waals surface area (Å²) < 4.78 is 0. The van der Waals surface area contributed by atoms with Crippen LogP contribution in [0.5, 0.6) is 0 Å². The van der Waals surface area contributed by atoms with Gasteiger partial charge in [-0.2, -0.15) is 0 Å². The van der Waals surface area contributed by atoms with Gasteiger partial charge in [0.05, 0.1) is 12.2 Å².